The number of carbonyl (C=O) groups excluding carboxylic acids is 3. The van der Waals surface area contributed by atoms with Crippen molar-refractivity contribution in [3.05, 3.63) is 17.7 Å². The van der Waals surface area contributed by atoms with Gasteiger partial charge in [0.15, 0.2) is 17.3 Å². The fourth-order valence-electron chi connectivity index (χ4n) is 3.00. The van der Waals surface area contributed by atoms with Crippen molar-refractivity contribution in [1.29, 1.82) is 0 Å². The number of hydrogen-bond acceptors (Lipinski definition) is 6. The van der Waals surface area contributed by atoms with Crippen LogP contribution in [0, 0.1) is 5.92 Å². The minimum Gasteiger partial charge on any atom is -0.493 e. The van der Waals surface area contributed by atoms with E-state index >= 15 is 0 Å². The molecule has 0 aliphatic heterocycles. The van der Waals surface area contributed by atoms with Crippen LogP contribution < -0.4 is 14.8 Å². The van der Waals surface area contributed by atoms with Gasteiger partial charge in [-0.3, -0.25) is 9.59 Å². The van der Waals surface area contributed by atoms with Gasteiger partial charge in [0, 0.05) is 18.1 Å². The number of benzene rings is 1. The summed E-state index contributed by atoms with van der Waals surface area (Å²) >= 11 is 0. The molecule has 26 heavy (non-hydrogen) atoms. The van der Waals surface area contributed by atoms with Gasteiger partial charge in [-0.2, -0.15) is 0 Å². The zero-order valence-corrected chi connectivity index (χ0v) is 15.4. The molecule has 0 unspecified atom stereocenters. The summed E-state index contributed by atoms with van der Waals surface area (Å²) in [7, 11) is 2.92. The van der Waals surface area contributed by atoms with Crippen molar-refractivity contribution < 1.29 is 28.6 Å². The molecule has 1 N–H and O–H groups in total. The lowest BCUT2D eigenvalue weighted by Crippen LogP contribution is -2.26. The number of Topliss-reactive ketones (excluding diaryl/α,β-unsaturated/α-hetero) is 1. The van der Waals surface area contributed by atoms with Gasteiger partial charge in [-0.25, -0.2) is 4.79 Å². The van der Waals surface area contributed by atoms with E-state index < -0.39 is 5.97 Å². The van der Waals surface area contributed by atoms with E-state index in [4.69, 9.17) is 14.2 Å². The Morgan fingerprint density at radius 2 is 1.65 bits per heavy atom. The molecule has 0 spiro atoms. The molecule has 1 aromatic rings. The monoisotopic (exact) mass is 363 g/mol. The molecule has 2 rings (SSSR count). The number of amides is 1. The number of ketones is 1. The summed E-state index contributed by atoms with van der Waals surface area (Å²) in [6, 6.07) is 2.97. The van der Waals surface area contributed by atoms with E-state index in [1.165, 1.54) is 33.3 Å². The minimum atomic E-state index is -0.708. The lowest BCUT2D eigenvalue weighted by Gasteiger charge is -2.22. The second-order valence-electron chi connectivity index (χ2n) is 6.36. The van der Waals surface area contributed by atoms with Crippen LogP contribution in [-0.2, 0) is 14.3 Å². The van der Waals surface area contributed by atoms with Gasteiger partial charge in [0.1, 0.15) is 6.61 Å². The van der Waals surface area contributed by atoms with Crippen molar-refractivity contribution in [2.75, 3.05) is 26.1 Å². The Labute approximate surface area is 153 Å². The van der Waals surface area contributed by atoms with E-state index in [1.54, 1.807) is 0 Å². The molecule has 0 aromatic heterocycles. The number of nitrogens with one attached hydrogen (secondary N) is 1. The lowest BCUT2D eigenvalue weighted by molar-refractivity contribution is -0.121. The van der Waals surface area contributed by atoms with Gasteiger partial charge in [-0.05, 0) is 19.8 Å². The summed E-state index contributed by atoms with van der Waals surface area (Å²) < 4.78 is 15.5. The summed E-state index contributed by atoms with van der Waals surface area (Å²) in [5, 5.41) is 2.81. The molecule has 0 saturated heterocycles. The SMILES string of the molecule is COc1cc(NC(=O)C2CCCCC2)c(C(=O)OCC(C)=O)cc1OC. The number of carbonyl (C=O) groups is 3. The van der Waals surface area contributed by atoms with Gasteiger partial charge >= 0.3 is 5.97 Å². The molecule has 0 heterocycles. The molecule has 1 aromatic carbocycles. The van der Waals surface area contributed by atoms with Crippen LogP contribution in [-0.4, -0.2) is 38.5 Å². The average Bonchev–Trinajstić information content (AvgIpc) is 2.66. The molecule has 0 radical (unpaired) electrons. The standard InChI is InChI=1S/C19H25NO6/c1-12(21)11-26-19(23)14-9-16(24-2)17(25-3)10-15(14)20-18(22)13-7-5-4-6-8-13/h9-10,13H,4-8,11H2,1-3H3,(H,20,22). The molecule has 0 bridgehead atoms. The molecule has 1 fully saturated rings. The van der Waals surface area contributed by atoms with Crippen LogP contribution in [0.4, 0.5) is 5.69 Å². The fourth-order valence-corrected chi connectivity index (χ4v) is 3.00. The first-order valence-electron chi connectivity index (χ1n) is 8.69. The highest BCUT2D eigenvalue weighted by Gasteiger charge is 2.25. The molecule has 0 atom stereocenters. The molecule has 142 valence electrons. The number of anilines is 1. The predicted octanol–water partition coefficient (Wildman–Crippen LogP) is 2.97. The Balaban J connectivity index is 2.29. The zero-order chi connectivity index (χ0) is 19.1. The van der Waals surface area contributed by atoms with Crippen LogP contribution in [0.3, 0.4) is 0 Å². The van der Waals surface area contributed by atoms with Gasteiger partial charge in [0.05, 0.1) is 25.5 Å². The third kappa shape index (κ3) is 4.97. The van der Waals surface area contributed by atoms with Gasteiger partial charge in [-0.1, -0.05) is 19.3 Å². The average molecular weight is 363 g/mol. The van der Waals surface area contributed by atoms with E-state index in [-0.39, 0.29) is 35.5 Å². The van der Waals surface area contributed by atoms with Crippen LogP contribution >= 0.6 is 0 Å². The topological polar surface area (TPSA) is 90.9 Å². The van der Waals surface area contributed by atoms with Gasteiger partial charge in [0.25, 0.3) is 0 Å². The van der Waals surface area contributed by atoms with Crippen LogP contribution in [0.15, 0.2) is 12.1 Å². The fraction of sp³-hybridized carbons (Fsp3) is 0.526. The maximum absolute atomic E-state index is 12.6. The Morgan fingerprint density at radius 1 is 1.04 bits per heavy atom. The van der Waals surface area contributed by atoms with E-state index in [0.717, 1.165) is 32.1 Å². The van der Waals surface area contributed by atoms with E-state index in [1.807, 2.05) is 0 Å². The first kappa shape index (κ1) is 19.8. The highest BCUT2D eigenvalue weighted by molar-refractivity contribution is 6.03. The van der Waals surface area contributed by atoms with Crippen LogP contribution in [0.25, 0.3) is 0 Å². The number of methoxy groups -OCH3 is 2. The Bertz CT molecular complexity index is 679. The van der Waals surface area contributed by atoms with Gasteiger partial charge < -0.3 is 19.5 Å². The predicted molar refractivity (Wildman–Crippen MR) is 95.7 cm³/mol. The number of esters is 1. The third-order valence-electron chi connectivity index (χ3n) is 4.38. The summed E-state index contributed by atoms with van der Waals surface area (Å²) in [5.74, 6) is -0.463. The van der Waals surface area contributed by atoms with E-state index in [0.29, 0.717) is 11.5 Å². The third-order valence-corrected chi connectivity index (χ3v) is 4.38. The van der Waals surface area contributed by atoms with Crippen LogP contribution in [0.5, 0.6) is 11.5 Å². The normalized spacial score (nSPS) is 14.4. The molecule has 1 aliphatic rings. The van der Waals surface area contributed by atoms with Crippen molar-refractivity contribution in [3.63, 3.8) is 0 Å². The maximum Gasteiger partial charge on any atom is 0.340 e. The zero-order valence-electron chi connectivity index (χ0n) is 15.4. The first-order valence-corrected chi connectivity index (χ1v) is 8.69. The Hall–Kier alpha value is -2.57. The molecular weight excluding hydrogens is 338 g/mol. The second-order valence-corrected chi connectivity index (χ2v) is 6.36. The molecule has 1 aliphatic carbocycles. The smallest absolute Gasteiger partial charge is 0.340 e. The molecule has 1 saturated carbocycles. The quantitative estimate of drug-likeness (QED) is 0.749. The summed E-state index contributed by atoms with van der Waals surface area (Å²) in [4.78, 5) is 36.0. The van der Waals surface area contributed by atoms with Crippen molar-refractivity contribution in [2.45, 2.75) is 39.0 Å². The molecule has 7 heteroatoms. The number of rotatable bonds is 7. The second kappa shape index (κ2) is 9.22. The van der Waals surface area contributed by atoms with Crippen molar-refractivity contribution in [1.82, 2.24) is 0 Å². The van der Waals surface area contributed by atoms with E-state index in [9.17, 15) is 14.4 Å². The summed E-state index contributed by atoms with van der Waals surface area (Å²) in [6.07, 6.45) is 4.87. The van der Waals surface area contributed by atoms with Crippen LogP contribution in [0.2, 0.25) is 0 Å². The minimum absolute atomic E-state index is 0.0714. The van der Waals surface area contributed by atoms with Crippen LogP contribution in [0.1, 0.15) is 49.4 Å². The number of ether oxygens (including phenoxy) is 3. The highest BCUT2D eigenvalue weighted by atomic mass is 16.5. The van der Waals surface area contributed by atoms with Crippen molar-refractivity contribution in [3.8, 4) is 11.5 Å². The Morgan fingerprint density at radius 3 is 2.23 bits per heavy atom. The summed E-state index contributed by atoms with van der Waals surface area (Å²) in [6.45, 7) is 0.997. The van der Waals surface area contributed by atoms with Crippen molar-refractivity contribution >= 4 is 23.3 Å². The molecule has 7 nitrogen and oxygen atoms in total. The summed E-state index contributed by atoms with van der Waals surface area (Å²) in [5.41, 5.74) is 0.403. The van der Waals surface area contributed by atoms with E-state index in [2.05, 4.69) is 5.32 Å². The molecule has 1 amide bonds. The van der Waals surface area contributed by atoms with Gasteiger partial charge in [0.2, 0.25) is 5.91 Å². The van der Waals surface area contributed by atoms with Crippen molar-refractivity contribution in [2.24, 2.45) is 5.92 Å². The first-order chi connectivity index (χ1) is 12.5. The number of hydrogen-bond donors (Lipinski definition) is 1. The Kier molecular flexibility index (Phi) is 7.00. The largest absolute Gasteiger partial charge is 0.493 e. The maximum atomic E-state index is 12.6. The highest BCUT2D eigenvalue weighted by Crippen LogP contribution is 2.34. The molecular formula is C19H25NO6. The lowest BCUT2D eigenvalue weighted by atomic mass is 9.88. The van der Waals surface area contributed by atoms with Gasteiger partial charge in [-0.15, -0.1) is 0 Å².